The molecule has 0 fully saturated rings. The van der Waals surface area contributed by atoms with Gasteiger partial charge in [0.05, 0.1) is 5.75 Å². The Morgan fingerprint density at radius 1 is 1.23 bits per heavy atom. The van der Waals surface area contributed by atoms with Gasteiger partial charge in [-0.1, -0.05) is 18.2 Å². The molecular formula is C20H20FN3O6S. The molecule has 2 aromatic rings. The highest BCUT2D eigenvalue weighted by Crippen LogP contribution is 2.27. The number of aromatic hydroxyl groups is 1. The number of carbonyl (C=O) groups excluding carboxylic acids is 1. The largest absolute Gasteiger partial charge is 0.505 e. The molecule has 0 unspecified atom stereocenters. The van der Waals surface area contributed by atoms with Crippen LogP contribution < -0.4 is 5.32 Å². The lowest BCUT2D eigenvalue weighted by Crippen LogP contribution is -2.35. The third-order valence-corrected chi connectivity index (χ3v) is 6.50. The zero-order valence-electron chi connectivity index (χ0n) is 16.3. The molecule has 1 aromatic heterocycles. The number of hydrogen-bond acceptors (Lipinski definition) is 6. The molecule has 1 aliphatic rings. The number of carboxylic acid groups (broad SMARTS) is 1. The molecule has 0 saturated heterocycles. The van der Waals surface area contributed by atoms with Crippen molar-refractivity contribution in [2.75, 3.05) is 19.6 Å². The topological polar surface area (TPSA) is 137 Å². The highest BCUT2D eigenvalue weighted by molar-refractivity contribution is 7.88. The average molecular weight is 449 g/mol. The number of halogens is 1. The molecule has 0 atom stereocenters. The fourth-order valence-electron chi connectivity index (χ4n) is 3.09. The Kier molecular flexibility index (Phi) is 6.66. The van der Waals surface area contributed by atoms with Crippen LogP contribution in [-0.2, 0) is 20.6 Å². The summed E-state index contributed by atoms with van der Waals surface area (Å²) < 4.78 is 39.6. The maximum absolute atomic E-state index is 13.0. The molecule has 0 spiro atoms. The lowest BCUT2D eigenvalue weighted by atomic mass is 10.0. The van der Waals surface area contributed by atoms with Crippen molar-refractivity contribution in [3.8, 4) is 5.75 Å². The fraction of sp³-hybridized carbons (Fsp3) is 0.250. The molecule has 1 aliphatic heterocycles. The molecule has 0 aliphatic carbocycles. The zero-order chi connectivity index (χ0) is 22.6. The van der Waals surface area contributed by atoms with E-state index < -0.39 is 40.0 Å². The summed E-state index contributed by atoms with van der Waals surface area (Å²) in [6.07, 6.45) is 3.44. The standard InChI is InChI=1S/C20H20FN3O6S/c21-16-3-1-13(2-4-16)12-31(29,30)24-7-5-14(6-8-24)15-9-17(25)19(22-10-15)20(28)23-11-18(26)27/h1-5,9-10,25H,6-8,11-12H2,(H,23,28)(H,26,27). The predicted molar refractivity (Wildman–Crippen MR) is 109 cm³/mol. The zero-order valence-corrected chi connectivity index (χ0v) is 17.1. The smallest absolute Gasteiger partial charge is 0.322 e. The molecule has 2 heterocycles. The molecule has 1 aromatic carbocycles. The normalized spacial score (nSPS) is 14.7. The highest BCUT2D eigenvalue weighted by Gasteiger charge is 2.25. The van der Waals surface area contributed by atoms with E-state index in [0.29, 0.717) is 17.5 Å². The van der Waals surface area contributed by atoms with Gasteiger partial charge < -0.3 is 15.5 Å². The molecule has 0 saturated carbocycles. The number of aliphatic carboxylic acids is 1. The number of carbonyl (C=O) groups is 2. The summed E-state index contributed by atoms with van der Waals surface area (Å²) in [5, 5.41) is 20.8. The van der Waals surface area contributed by atoms with Crippen LogP contribution in [0.4, 0.5) is 4.39 Å². The summed E-state index contributed by atoms with van der Waals surface area (Å²) in [5.41, 5.74) is 1.48. The molecule has 3 N–H and O–H groups in total. The van der Waals surface area contributed by atoms with Crippen LogP contribution in [0.1, 0.15) is 28.0 Å². The first-order chi connectivity index (χ1) is 14.7. The summed E-state index contributed by atoms with van der Waals surface area (Å²) >= 11 is 0. The molecule has 3 rings (SSSR count). The Labute approximate surface area is 177 Å². The molecule has 11 heteroatoms. The minimum absolute atomic E-state index is 0.125. The van der Waals surface area contributed by atoms with E-state index >= 15 is 0 Å². The van der Waals surface area contributed by atoms with E-state index in [-0.39, 0.29) is 24.5 Å². The van der Waals surface area contributed by atoms with Gasteiger partial charge >= 0.3 is 5.97 Å². The van der Waals surface area contributed by atoms with Crippen molar-refractivity contribution in [3.63, 3.8) is 0 Å². The quantitative estimate of drug-likeness (QED) is 0.580. The van der Waals surface area contributed by atoms with Gasteiger partial charge in [-0.2, -0.15) is 4.31 Å². The number of nitrogens with zero attached hydrogens (tertiary/aromatic N) is 2. The third-order valence-electron chi connectivity index (χ3n) is 4.68. The second-order valence-corrected chi connectivity index (χ2v) is 8.86. The van der Waals surface area contributed by atoms with Gasteiger partial charge in [-0.05, 0) is 41.3 Å². The highest BCUT2D eigenvalue weighted by atomic mass is 32.2. The Morgan fingerprint density at radius 2 is 1.94 bits per heavy atom. The van der Waals surface area contributed by atoms with Gasteiger partial charge in [0.15, 0.2) is 5.69 Å². The lowest BCUT2D eigenvalue weighted by molar-refractivity contribution is -0.135. The van der Waals surface area contributed by atoms with Crippen molar-refractivity contribution in [1.29, 1.82) is 0 Å². The van der Waals surface area contributed by atoms with Crippen molar-refractivity contribution in [3.05, 3.63) is 65.2 Å². The van der Waals surface area contributed by atoms with Gasteiger partial charge in [0.2, 0.25) is 10.0 Å². The summed E-state index contributed by atoms with van der Waals surface area (Å²) in [4.78, 5) is 26.3. The second kappa shape index (κ2) is 9.23. The van der Waals surface area contributed by atoms with Crippen LogP contribution in [0.3, 0.4) is 0 Å². The van der Waals surface area contributed by atoms with E-state index in [0.717, 1.165) is 5.57 Å². The maximum atomic E-state index is 13.0. The van der Waals surface area contributed by atoms with Crippen LogP contribution in [0.2, 0.25) is 0 Å². The van der Waals surface area contributed by atoms with E-state index in [9.17, 15) is 27.5 Å². The molecule has 0 bridgehead atoms. The van der Waals surface area contributed by atoms with Crippen molar-refractivity contribution in [1.82, 2.24) is 14.6 Å². The number of sulfonamides is 1. The van der Waals surface area contributed by atoms with Crippen molar-refractivity contribution in [2.45, 2.75) is 12.2 Å². The van der Waals surface area contributed by atoms with Crippen LogP contribution in [0.25, 0.3) is 5.57 Å². The van der Waals surface area contributed by atoms with E-state index in [1.165, 1.54) is 40.8 Å². The monoisotopic (exact) mass is 449 g/mol. The van der Waals surface area contributed by atoms with Gasteiger partial charge in [0, 0.05) is 19.3 Å². The van der Waals surface area contributed by atoms with Gasteiger partial charge in [-0.15, -0.1) is 0 Å². The van der Waals surface area contributed by atoms with Gasteiger partial charge in [-0.3, -0.25) is 9.59 Å². The van der Waals surface area contributed by atoms with Crippen LogP contribution in [0.5, 0.6) is 5.75 Å². The molecule has 31 heavy (non-hydrogen) atoms. The van der Waals surface area contributed by atoms with Gasteiger partial charge in [-0.25, -0.2) is 17.8 Å². The Hall–Kier alpha value is -3.31. The number of aromatic nitrogens is 1. The van der Waals surface area contributed by atoms with Crippen molar-refractivity contribution in [2.24, 2.45) is 0 Å². The van der Waals surface area contributed by atoms with Gasteiger partial charge in [0.25, 0.3) is 5.91 Å². The van der Waals surface area contributed by atoms with Crippen LogP contribution in [0.15, 0.2) is 42.6 Å². The molecular weight excluding hydrogens is 429 g/mol. The van der Waals surface area contributed by atoms with E-state index in [2.05, 4.69) is 10.3 Å². The Balaban J connectivity index is 1.68. The van der Waals surface area contributed by atoms with E-state index in [1.54, 1.807) is 6.08 Å². The van der Waals surface area contributed by atoms with Crippen LogP contribution in [-0.4, -0.2) is 59.4 Å². The fourth-order valence-corrected chi connectivity index (χ4v) is 4.56. The number of pyridine rings is 1. The van der Waals surface area contributed by atoms with Crippen molar-refractivity contribution < 1.29 is 32.6 Å². The first-order valence-electron chi connectivity index (χ1n) is 9.26. The SMILES string of the molecule is O=C(O)CNC(=O)c1ncc(C2=CCN(S(=O)(=O)Cc3ccc(F)cc3)CC2)cc1O. The third kappa shape index (κ3) is 5.64. The molecule has 164 valence electrons. The number of hydrogen-bond donors (Lipinski definition) is 3. The van der Waals surface area contributed by atoms with Crippen molar-refractivity contribution >= 4 is 27.5 Å². The van der Waals surface area contributed by atoms with E-state index in [4.69, 9.17) is 5.11 Å². The van der Waals surface area contributed by atoms with Gasteiger partial charge in [0.1, 0.15) is 18.1 Å². The summed E-state index contributed by atoms with van der Waals surface area (Å²) in [6.45, 7) is -0.257. The molecule has 1 amide bonds. The van der Waals surface area contributed by atoms with Crippen LogP contribution in [0, 0.1) is 5.82 Å². The van der Waals surface area contributed by atoms with E-state index in [1.807, 2.05) is 0 Å². The average Bonchev–Trinajstić information content (AvgIpc) is 2.73. The molecule has 0 radical (unpaired) electrons. The predicted octanol–water partition coefficient (Wildman–Crippen LogP) is 1.36. The lowest BCUT2D eigenvalue weighted by Gasteiger charge is -2.26. The summed E-state index contributed by atoms with van der Waals surface area (Å²) in [6, 6.07) is 6.62. The minimum atomic E-state index is -3.59. The Bertz CT molecular complexity index is 1130. The number of nitrogens with one attached hydrogen (secondary N) is 1. The number of benzene rings is 1. The number of rotatable bonds is 7. The first kappa shape index (κ1) is 22.4. The number of carboxylic acids is 1. The molecule has 9 nitrogen and oxygen atoms in total. The summed E-state index contributed by atoms with van der Waals surface area (Å²) in [5.74, 6) is -3.13. The summed E-state index contributed by atoms with van der Waals surface area (Å²) in [7, 11) is -3.59. The Morgan fingerprint density at radius 3 is 2.52 bits per heavy atom. The first-order valence-corrected chi connectivity index (χ1v) is 10.9. The maximum Gasteiger partial charge on any atom is 0.322 e. The number of amides is 1. The van der Waals surface area contributed by atoms with Crippen LogP contribution >= 0.6 is 0 Å². The minimum Gasteiger partial charge on any atom is -0.505 e. The second-order valence-electron chi connectivity index (χ2n) is 6.89.